The normalized spacial score (nSPS) is 13.3. The molecular formula is C24H34N6O2. The number of nitrogens with one attached hydrogen (secondary N) is 2. The Kier molecular flexibility index (Phi) is 7.45. The van der Waals surface area contributed by atoms with Gasteiger partial charge in [-0.15, -0.1) is 0 Å². The molecule has 0 saturated heterocycles. The first-order chi connectivity index (χ1) is 15.3. The van der Waals surface area contributed by atoms with Crippen LogP contribution in [0, 0.1) is 0 Å². The van der Waals surface area contributed by atoms with E-state index in [1.54, 1.807) is 6.92 Å². The molecule has 8 heteroatoms. The van der Waals surface area contributed by atoms with Gasteiger partial charge in [0.1, 0.15) is 0 Å². The fourth-order valence-electron chi connectivity index (χ4n) is 3.79. The molecule has 0 bridgehead atoms. The van der Waals surface area contributed by atoms with Crippen molar-refractivity contribution in [3.05, 3.63) is 46.7 Å². The van der Waals surface area contributed by atoms with Crippen molar-refractivity contribution in [2.24, 2.45) is 4.99 Å². The Hall–Kier alpha value is -3.00. The van der Waals surface area contributed by atoms with Gasteiger partial charge in [0.15, 0.2) is 17.1 Å². The van der Waals surface area contributed by atoms with Crippen LogP contribution >= 0.6 is 0 Å². The number of carbonyl (C=O) groups excluding carboxylic acids is 1. The summed E-state index contributed by atoms with van der Waals surface area (Å²) in [6, 6.07) is 7.42. The van der Waals surface area contributed by atoms with Gasteiger partial charge < -0.3 is 15.0 Å². The molecule has 2 heterocycles. The van der Waals surface area contributed by atoms with E-state index < -0.39 is 0 Å². The smallest absolute Gasteiger partial charge is 0.227 e. The van der Waals surface area contributed by atoms with E-state index >= 15 is 0 Å². The number of anilines is 1. The summed E-state index contributed by atoms with van der Waals surface area (Å²) in [6.07, 6.45) is 0.714. The molecule has 3 aromatic rings. The van der Waals surface area contributed by atoms with Gasteiger partial charge in [-0.2, -0.15) is 10.1 Å². The minimum Gasteiger partial charge on any atom is -0.394 e. The highest BCUT2D eigenvalue weighted by atomic mass is 16.3. The highest BCUT2D eigenvalue weighted by molar-refractivity contribution is 5.95. The molecule has 0 aliphatic heterocycles. The lowest BCUT2D eigenvalue weighted by Gasteiger charge is -2.18. The molecule has 3 rings (SSSR count). The number of hydrogen-bond donors (Lipinski definition) is 3. The maximum atomic E-state index is 12.0. The van der Waals surface area contributed by atoms with Gasteiger partial charge in [0.25, 0.3) is 0 Å². The van der Waals surface area contributed by atoms with Gasteiger partial charge in [-0.05, 0) is 38.7 Å². The minimum absolute atomic E-state index is 0.0255. The lowest BCUT2D eigenvalue weighted by atomic mass is 10.0. The van der Waals surface area contributed by atoms with Crippen LogP contribution in [0.1, 0.15) is 81.5 Å². The van der Waals surface area contributed by atoms with Crippen LogP contribution in [0.2, 0.25) is 0 Å². The Morgan fingerprint density at radius 2 is 1.97 bits per heavy atom. The van der Waals surface area contributed by atoms with Gasteiger partial charge in [-0.1, -0.05) is 45.0 Å². The van der Waals surface area contributed by atoms with Gasteiger partial charge in [-0.3, -0.25) is 9.89 Å². The molecule has 0 saturated carbocycles. The summed E-state index contributed by atoms with van der Waals surface area (Å²) < 4.78 is 2.08. The average molecular weight is 439 g/mol. The minimum atomic E-state index is -0.231. The zero-order chi connectivity index (χ0) is 23.4. The standard InChI is InChI=1S/C24H34N6O2/c1-7-18(13-31)26-24-27-23(25-12-17-10-8-9-11-19(17)16(6)32)21-22(30(24)15(4)5)20(14(2)3)28-29-21/h8-11,14-15,18,31H,7,12-13H2,1-6H3,(H,28,29)(H,25,26,27). The molecule has 172 valence electrons. The Morgan fingerprint density at radius 1 is 1.25 bits per heavy atom. The number of aliphatic hydroxyl groups is 1. The van der Waals surface area contributed by atoms with E-state index in [0.29, 0.717) is 30.0 Å². The molecule has 1 atom stereocenters. The van der Waals surface area contributed by atoms with Crippen molar-refractivity contribution in [1.29, 1.82) is 0 Å². The number of H-pyrrole nitrogens is 1. The Balaban J connectivity index is 2.21. The van der Waals surface area contributed by atoms with Crippen molar-refractivity contribution < 1.29 is 9.90 Å². The van der Waals surface area contributed by atoms with Crippen molar-refractivity contribution in [3.63, 3.8) is 0 Å². The number of aliphatic hydroxyl groups excluding tert-OH is 1. The van der Waals surface area contributed by atoms with Crippen LogP contribution in [-0.4, -0.2) is 43.3 Å². The molecule has 0 aliphatic carbocycles. The summed E-state index contributed by atoms with van der Waals surface area (Å²) in [7, 11) is 0. The van der Waals surface area contributed by atoms with Gasteiger partial charge in [0, 0.05) is 18.2 Å². The second kappa shape index (κ2) is 10.1. The predicted octanol–water partition coefficient (Wildman–Crippen LogP) is 3.95. The molecule has 8 nitrogen and oxygen atoms in total. The number of rotatable bonds is 9. The molecule has 0 amide bonds. The van der Waals surface area contributed by atoms with Crippen molar-refractivity contribution in [3.8, 4) is 0 Å². The molecule has 2 aromatic heterocycles. The van der Waals surface area contributed by atoms with Crippen LogP contribution in [0.25, 0.3) is 11.0 Å². The summed E-state index contributed by atoms with van der Waals surface area (Å²) in [4.78, 5) is 21.6. The molecule has 1 unspecified atom stereocenters. The van der Waals surface area contributed by atoms with E-state index in [4.69, 9.17) is 9.98 Å². The molecule has 0 radical (unpaired) electrons. The molecular weight excluding hydrogens is 404 g/mol. The fraction of sp³-hybridized carbons (Fsp3) is 0.500. The van der Waals surface area contributed by atoms with Crippen molar-refractivity contribution >= 4 is 22.6 Å². The maximum absolute atomic E-state index is 12.0. The molecule has 0 spiro atoms. The summed E-state index contributed by atoms with van der Waals surface area (Å²) in [5, 5.41) is 20.9. The van der Waals surface area contributed by atoms with E-state index in [1.165, 1.54) is 0 Å². The molecule has 1 aromatic carbocycles. The van der Waals surface area contributed by atoms with E-state index in [2.05, 4.69) is 47.8 Å². The number of ketones is 1. The second-order valence-corrected chi connectivity index (χ2v) is 8.65. The summed E-state index contributed by atoms with van der Waals surface area (Å²) in [5.41, 5.74) is 4.84. The first-order valence-electron chi connectivity index (χ1n) is 11.3. The van der Waals surface area contributed by atoms with Crippen molar-refractivity contribution in [2.45, 2.75) is 72.5 Å². The van der Waals surface area contributed by atoms with E-state index in [-0.39, 0.29) is 30.4 Å². The van der Waals surface area contributed by atoms with Crippen molar-refractivity contribution in [1.82, 2.24) is 19.7 Å². The summed E-state index contributed by atoms with van der Waals surface area (Å²) >= 11 is 0. The van der Waals surface area contributed by atoms with Crippen molar-refractivity contribution in [2.75, 3.05) is 11.9 Å². The molecule has 0 aliphatic rings. The van der Waals surface area contributed by atoms with Crippen LogP contribution < -0.4 is 10.9 Å². The van der Waals surface area contributed by atoms with E-state index in [0.717, 1.165) is 22.3 Å². The van der Waals surface area contributed by atoms with Gasteiger partial charge >= 0.3 is 0 Å². The second-order valence-electron chi connectivity index (χ2n) is 8.65. The number of fused-ring (bicyclic) bond motifs is 1. The van der Waals surface area contributed by atoms with Crippen LogP contribution in [0.15, 0.2) is 29.3 Å². The number of aromatic nitrogens is 4. The topological polar surface area (TPSA) is 108 Å². The highest BCUT2D eigenvalue weighted by Crippen LogP contribution is 2.27. The lowest BCUT2D eigenvalue weighted by molar-refractivity contribution is 0.101. The highest BCUT2D eigenvalue weighted by Gasteiger charge is 2.21. The van der Waals surface area contributed by atoms with Crippen LogP contribution in [0.3, 0.4) is 0 Å². The van der Waals surface area contributed by atoms with Gasteiger partial charge in [-0.25, -0.2) is 4.99 Å². The zero-order valence-corrected chi connectivity index (χ0v) is 19.8. The summed E-state index contributed by atoms with van der Waals surface area (Å²) in [6.45, 7) is 12.4. The summed E-state index contributed by atoms with van der Waals surface area (Å²) in [5.74, 6) is 0.855. The SMILES string of the molecule is CCC(CO)N=c1nc(NCc2ccccc2C(C)=O)c2n[nH]c(C(C)C)c2n1C(C)C. The number of nitrogens with zero attached hydrogens (tertiary/aromatic N) is 4. The first kappa shape index (κ1) is 23.7. The van der Waals surface area contributed by atoms with Crippen LogP contribution in [0.5, 0.6) is 0 Å². The number of carbonyl (C=O) groups is 1. The third-order valence-corrected chi connectivity index (χ3v) is 5.58. The maximum Gasteiger partial charge on any atom is 0.227 e. The molecule has 3 N–H and O–H groups in total. The van der Waals surface area contributed by atoms with Gasteiger partial charge in [0.2, 0.25) is 5.62 Å². The largest absolute Gasteiger partial charge is 0.394 e. The zero-order valence-electron chi connectivity index (χ0n) is 19.8. The third-order valence-electron chi connectivity index (χ3n) is 5.58. The van der Waals surface area contributed by atoms with Gasteiger partial charge in [0.05, 0.1) is 23.9 Å². The number of hydrogen-bond acceptors (Lipinski definition) is 6. The number of aromatic amines is 1. The molecule has 0 fully saturated rings. The Bertz CT molecular complexity index is 1150. The predicted molar refractivity (Wildman–Crippen MR) is 127 cm³/mol. The average Bonchev–Trinajstić information content (AvgIpc) is 3.20. The quantitative estimate of drug-likeness (QED) is 0.438. The number of Topliss-reactive ketones (excluding diaryl/α,β-unsaturated/α-hetero) is 1. The Labute approximate surface area is 188 Å². The molecule has 32 heavy (non-hydrogen) atoms. The van der Waals surface area contributed by atoms with Crippen LogP contribution in [0.4, 0.5) is 5.82 Å². The third kappa shape index (κ3) is 4.75. The number of benzene rings is 1. The Morgan fingerprint density at radius 3 is 2.56 bits per heavy atom. The first-order valence-corrected chi connectivity index (χ1v) is 11.3. The van der Waals surface area contributed by atoms with E-state index in [1.807, 2.05) is 31.2 Å². The van der Waals surface area contributed by atoms with E-state index in [9.17, 15) is 9.90 Å². The monoisotopic (exact) mass is 438 g/mol. The fourth-order valence-corrected chi connectivity index (χ4v) is 3.79. The van der Waals surface area contributed by atoms with Crippen LogP contribution in [-0.2, 0) is 6.54 Å². The lowest BCUT2D eigenvalue weighted by Crippen LogP contribution is -2.30.